The third kappa shape index (κ3) is 2.78. The van der Waals surface area contributed by atoms with Crippen molar-refractivity contribution in [2.24, 2.45) is 5.73 Å². The van der Waals surface area contributed by atoms with E-state index in [-0.39, 0.29) is 5.54 Å². The van der Waals surface area contributed by atoms with Crippen molar-refractivity contribution in [2.75, 3.05) is 31.7 Å². The maximum atomic E-state index is 5.71. The maximum absolute atomic E-state index is 5.71. The van der Waals surface area contributed by atoms with Gasteiger partial charge in [-0.05, 0) is 45.4 Å². The van der Waals surface area contributed by atoms with Gasteiger partial charge in [-0.2, -0.15) is 0 Å². The molecule has 1 aromatic rings. The minimum absolute atomic E-state index is 0.0171. The molecular weight excluding hydrogens is 240 g/mol. The maximum Gasteiger partial charge on any atom is 0.163 e. The van der Waals surface area contributed by atoms with Gasteiger partial charge in [0, 0.05) is 24.3 Å². The smallest absolute Gasteiger partial charge is 0.163 e. The van der Waals surface area contributed by atoms with E-state index in [4.69, 9.17) is 15.2 Å². The summed E-state index contributed by atoms with van der Waals surface area (Å²) in [5.41, 5.74) is 8.09. The number of ether oxygens (including phenoxy) is 2. The normalized spacial score (nSPS) is 14.4. The van der Waals surface area contributed by atoms with Crippen LogP contribution in [0.1, 0.15) is 25.8 Å². The van der Waals surface area contributed by atoms with Gasteiger partial charge in [0.2, 0.25) is 0 Å². The molecule has 4 heteroatoms. The molecule has 0 aliphatic carbocycles. The van der Waals surface area contributed by atoms with Crippen molar-refractivity contribution in [1.82, 2.24) is 0 Å². The molecule has 2 rings (SSSR count). The van der Waals surface area contributed by atoms with Crippen LogP contribution in [0, 0.1) is 6.92 Å². The summed E-state index contributed by atoms with van der Waals surface area (Å²) in [5, 5.41) is 0. The Morgan fingerprint density at radius 1 is 1.21 bits per heavy atom. The van der Waals surface area contributed by atoms with E-state index in [9.17, 15) is 0 Å². The summed E-state index contributed by atoms with van der Waals surface area (Å²) in [6, 6.07) is 4.13. The van der Waals surface area contributed by atoms with Crippen LogP contribution in [0.4, 0.5) is 5.69 Å². The van der Waals surface area contributed by atoms with Crippen LogP contribution in [0.2, 0.25) is 0 Å². The largest absolute Gasteiger partial charge is 0.486 e. The number of nitrogens with two attached hydrogens (primary N) is 1. The summed E-state index contributed by atoms with van der Waals surface area (Å²) < 4.78 is 11.3. The number of anilines is 1. The van der Waals surface area contributed by atoms with Gasteiger partial charge < -0.3 is 20.1 Å². The highest BCUT2D eigenvalue weighted by molar-refractivity contribution is 5.62. The molecule has 1 aliphatic heterocycles. The van der Waals surface area contributed by atoms with Gasteiger partial charge in [-0.15, -0.1) is 0 Å². The molecule has 0 bridgehead atoms. The summed E-state index contributed by atoms with van der Waals surface area (Å²) in [4.78, 5) is 2.27. The Kier molecular flexibility index (Phi) is 3.90. The molecule has 0 fully saturated rings. The number of nitrogens with zero attached hydrogens (tertiary/aromatic N) is 1. The van der Waals surface area contributed by atoms with Gasteiger partial charge >= 0.3 is 0 Å². The highest BCUT2D eigenvalue weighted by atomic mass is 16.6. The van der Waals surface area contributed by atoms with Crippen LogP contribution in [0.3, 0.4) is 0 Å². The fourth-order valence-electron chi connectivity index (χ4n) is 2.39. The van der Waals surface area contributed by atoms with E-state index in [0.29, 0.717) is 19.8 Å². The van der Waals surface area contributed by atoms with E-state index < -0.39 is 0 Å². The lowest BCUT2D eigenvalue weighted by Gasteiger charge is -2.38. The van der Waals surface area contributed by atoms with E-state index in [2.05, 4.69) is 44.9 Å². The number of aryl methyl sites for hydroxylation is 1. The molecule has 0 saturated heterocycles. The fourth-order valence-corrected chi connectivity index (χ4v) is 2.39. The molecule has 0 saturated carbocycles. The average Bonchev–Trinajstić information content (AvgIpc) is 2.37. The number of hydrogen-bond acceptors (Lipinski definition) is 4. The molecule has 0 aromatic heterocycles. The van der Waals surface area contributed by atoms with E-state index in [1.807, 2.05) is 0 Å². The lowest BCUT2D eigenvalue weighted by Crippen LogP contribution is -2.43. The van der Waals surface area contributed by atoms with E-state index in [0.717, 1.165) is 17.9 Å². The first kappa shape index (κ1) is 14.0. The number of benzene rings is 1. The predicted octanol–water partition coefficient (Wildman–Crippen LogP) is 2.33. The van der Waals surface area contributed by atoms with Crippen molar-refractivity contribution in [3.05, 3.63) is 17.7 Å². The van der Waals surface area contributed by atoms with Crippen LogP contribution in [-0.2, 0) is 0 Å². The zero-order valence-corrected chi connectivity index (χ0v) is 12.3. The second-order valence-corrected chi connectivity index (χ2v) is 5.69. The second-order valence-electron chi connectivity index (χ2n) is 5.69. The molecule has 19 heavy (non-hydrogen) atoms. The van der Waals surface area contributed by atoms with Crippen molar-refractivity contribution >= 4 is 5.69 Å². The zero-order valence-electron chi connectivity index (χ0n) is 12.3. The monoisotopic (exact) mass is 264 g/mol. The van der Waals surface area contributed by atoms with E-state index in [1.165, 1.54) is 11.3 Å². The molecule has 2 N–H and O–H groups in total. The average molecular weight is 264 g/mol. The lowest BCUT2D eigenvalue weighted by atomic mass is 9.97. The second kappa shape index (κ2) is 5.29. The standard InChI is InChI=1S/C15H24N2O2/c1-11-9-13-14(19-8-7-18-13)10-12(11)17(4)15(2,3)5-6-16/h9-10H,5-8,16H2,1-4H3. The Hall–Kier alpha value is -1.42. The molecule has 0 atom stereocenters. The number of hydrogen-bond donors (Lipinski definition) is 1. The van der Waals surface area contributed by atoms with Gasteiger partial charge in [0.1, 0.15) is 13.2 Å². The highest BCUT2D eigenvalue weighted by Gasteiger charge is 2.25. The molecule has 0 amide bonds. The Balaban J connectivity index is 2.34. The van der Waals surface area contributed by atoms with Gasteiger partial charge in [-0.1, -0.05) is 0 Å². The van der Waals surface area contributed by atoms with Crippen molar-refractivity contribution in [1.29, 1.82) is 0 Å². The zero-order chi connectivity index (χ0) is 14.0. The summed E-state index contributed by atoms with van der Waals surface area (Å²) in [5.74, 6) is 1.68. The summed E-state index contributed by atoms with van der Waals surface area (Å²) >= 11 is 0. The summed E-state index contributed by atoms with van der Waals surface area (Å²) in [6.07, 6.45) is 0.942. The first-order chi connectivity index (χ1) is 8.95. The molecule has 0 radical (unpaired) electrons. The van der Waals surface area contributed by atoms with Crippen LogP contribution in [0.5, 0.6) is 11.5 Å². The number of fused-ring (bicyclic) bond motifs is 1. The molecule has 1 aliphatic rings. The van der Waals surface area contributed by atoms with Gasteiger partial charge in [0.15, 0.2) is 11.5 Å². The SMILES string of the molecule is Cc1cc2c(cc1N(C)C(C)(C)CCN)OCCO2. The molecule has 1 aromatic carbocycles. The molecule has 1 heterocycles. The minimum atomic E-state index is 0.0171. The van der Waals surface area contributed by atoms with Crippen molar-refractivity contribution in [3.63, 3.8) is 0 Å². The molecular formula is C15H24N2O2. The van der Waals surface area contributed by atoms with Gasteiger partial charge in [-0.3, -0.25) is 0 Å². The predicted molar refractivity (Wildman–Crippen MR) is 78.3 cm³/mol. The third-order valence-corrected chi connectivity index (χ3v) is 3.89. The Bertz CT molecular complexity index is 458. The van der Waals surface area contributed by atoms with Crippen LogP contribution in [0.15, 0.2) is 12.1 Å². The van der Waals surface area contributed by atoms with Gasteiger partial charge in [0.25, 0.3) is 0 Å². The van der Waals surface area contributed by atoms with Gasteiger partial charge in [-0.25, -0.2) is 0 Å². The summed E-state index contributed by atoms with van der Waals surface area (Å²) in [6.45, 7) is 8.43. The van der Waals surface area contributed by atoms with Gasteiger partial charge in [0.05, 0.1) is 0 Å². The highest BCUT2D eigenvalue weighted by Crippen LogP contribution is 2.38. The Labute approximate surface area is 115 Å². The van der Waals surface area contributed by atoms with Crippen LogP contribution in [-0.4, -0.2) is 32.3 Å². The minimum Gasteiger partial charge on any atom is -0.486 e. The topological polar surface area (TPSA) is 47.7 Å². The molecule has 106 valence electrons. The van der Waals surface area contributed by atoms with Crippen LogP contribution in [0.25, 0.3) is 0 Å². The molecule has 0 unspecified atom stereocenters. The Morgan fingerprint density at radius 3 is 2.37 bits per heavy atom. The van der Waals surface area contributed by atoms with Crippen molar-refractivity contribution in [2.45, 2.75) is 32.7 Å². The van der Waals surface area contributed by atoms with Crippen molar-refractivity contribution in [3.8, 4) is 11.5 Å². The van der Waals surface area contributed by atoms with Crippen LogP contribution >= 0.6 is 0 Å². The Morgan fingerprint density at radius 2 is 1.79 bits per heavy atom. The molecule has 4 nitrogen and oxygen atoms in total. The first-order valence-corrected chi connectivity index (χ1v) is 6.80. The van der Waals surface area contributed by atoms with E-state index in [1.54, 1.807) is 0 Å². The first-order valence-electron chi connectivity index (χ1n) is 6.80. The van der Waals surface area contributed by atoms with Crippen molar-refractivity contribution < 1.29 is 9.47 Å². The fraction of sp³-hybridized carbons (Fsp3) is 0.600. The lowest BCUT2D eigenvalue weighted by molar-refractivity contribution is 0.171. The molecule has 0 spiro atoms. The third-order valence-electron chi connectivity index (χ3n) is 3.89. The quantitative estimate of drug-likeness (QED) is 0.906. The summed E-state index contributed by atoms with van der Waals surface area (Å²) in [7, 11) is 2.11. The van der Waals surface area contributed by atoms with Crippen LogP contribution < -0.4 is 20.1 Å². The number of rotatable bonds is 4. The van der Waals surface area contributed by atoms with E-state index >= 15 is 0 Å².